The topological polar surface area (TPSA) is 58.5 Å². The number of nitrogens with zero attached hydrogens (tertiary/aromatic N) is 1. The van der Waals surface area contributed by atoms with Crippen LogP contribution >= 0.6 is 0 Å². The van der Waals surface area contributed by atoms with E-state index in [0.717, 1.165) is 22.2 Å². The maximum absolute atomic E-state index is 13.6. The van der Waals surface area contributed by atoms with Crippen molar-refractivity contribution in [2.24, 2.45) is 0 Å². The van der Waals surface area contributed by atoms with Crippen molar-refractivity contribution in [3.05, 3.63) is 102 Å². The fourth-order valence-electron chi connectivity index (χ4n) is 3.36. The molecule has 5 heteroatoms. The van der Waals surface area contributed by atoms with Gasteiger partial charge in [-0.05, 0) is 35.2 Å². The highest BCUT2D eigenvalue weighted by Crippen LogP contribution is 2.30. The summed E-state index contributed by atoms with van der Waals surface area (Å²) in [5, 5.41) is 4.09. The van der Waals surface area contributed by atoms with Crippen molar-refractivity contribution >= 4 is 28.1 Å². The fraction of sp³-hybridized carbons (Fsp3) is 0.0833. The molecule has 0 saturated heterocycles. The first-order chi connectivity index (χ1) is 14.2. The van der Waals surface area contributed by atoms with Gasteiger partial charge in [0, 0.05) is 29.0 Å². The lowest BCUT2D eigenvalue weighted by Gasteiger charge is -2.19. The van der Waals surface area contributed by atoms with E-state index in [9.17, 15) is 4.79 Å². The number of H-pyrrole nitrogens is 1. The summed E-state index contributed by atoms with van der Waals surface area (Å²) < 4.78 is 5.30. The molecule has 1 unspecified atom stereocenters. The average molecular weight is 381 g/mol. The summed E-state index contributed by atoms with van der Waals surface area (Å²) in [6.45, 7) is 7.26. The molecule has 1 aromatic heterocycles. The van der Waals surface area contributed by atoms with Crippen LogP contribution in [0.2, 0.25) is 0 Å². The van der Waals surface area contributed by atoms with Crippen LogP contribution in [0.5, 0.6) is 5.75 Å². The molecule has 0 amide bonds. The summed E-state index contributed by atoms with van der Waals surface area (Å²) in [5.74, 6) is 0.635. The van der Waals surface area contributed by atoms with Gasteiger partial charge in [-0.15, -0.1) is 0 Å². The second kappa shape index (κ2) is 7.91. The fourth-order valence-corrected chi connectivity index (χ4v) is 3.36. The van der Waals surface area contributed by atoms with E-state index in [0.29, 0.717) is 17.0 Å². The third-order valence-electron chi connectivity index (χ3n) is 4.84. The van der Waals surface area contributed by atoms with Crippen molar-refractivity contribution in [3.8, 4) is 5.75 Å². The number of hydrogen-bond acceptors (Lipinski definition) is 3. The van der Waals surface area contributed by atoms with Crippen LogP contribution in [-0.4, -0.2) is 17.9 Å². The van der Waals surface area contributed by atoms with E-state index in [4.69, 9.17) is 11.3 Å². The number of aromatic amines is 1. The molecule has 0 radical (unpaired) electrons. The molecule has 3 aromatic carbocycles. The first-order valence-corrected chi connectivity index (χ1v) is 9.18. The van der Waals surface area contributed by atoms with Crippen LogP contribution in [0.1, 0.15) is 22.0 Å². The summed E-state index contributed by atoms with van der Waals surface area (Å²) in [5.41, 5.74) is 3.52. The van der Waals surface area contributed by atoms with E-state index in [1.54, 1.807) is 25.4 Å². The van der Waals surface area contributed by atoms with Gasteiger partial charge in [-0.1, -0.05) is 42.5 Å². The van der Waals surface area contributed by atoms with Crippen molar-refractivity contribution in [3.63, 3.8) is 0 Å². The summed E-state index contributed by atoms with van der Waals surface area (Å²) in [6.07, 6.45) is 1.71. The van der Waals surface area contributed by atoms with E-state index in [-0.39, 0.29) is 5.78 Å². The normalized spacial score (nSPS) is 11.6. The molecule has 4 aromatic rings. The Labute approximate surface area is 168 Å². The molecule has 5 nitrogen and oxygen atoms in total. The highest BCUT2D eigenvalue weighted by atomic mass is 16.5. The molecule has 0 saturated carbocycles. The number of fused-ring (bicyclic) bond motifs is 1. The van der Waals surface area contributed by atoms with Gasteiger partial charge in [0.1, 0.15) is 11.8 Å². The van der Waals surface area contributed by atoms with E-state index in [1.165, 1.54) is 0 Å². The lowest BCUT2D eigenvalue weighted by molar-refractivity contribution is 0.0971. The van der Waals surface area contributed by atoms with Gasteiger partial charge in [0.25, 0.3) is 0 Å². The van der Waals surface area contributed by atoms with Crippen LogP contribution in [-0.2, 0) is 0 Å². The molecule has 0 aliphatic rings. The second-order valence-corrected chi connectivity index (χ2v) is 6.63. The van der Waals surface area contributed by atoms with Crippen LogP contribution < -0.4 is 10.1 Å². The van der Waals surface area contributed by atoms with Gasteiger partial charge in [-0.3, -0.25) is 4.79 Å². The molecule has 142 valence electrons. The number of rotatable bonds is 6. The van der Waals surface area contributed by atoms with Crippen LogP contribution in [0.4, 0.5) is 11.4 Å². The molecule has 0 fully saturated rings. The molecule has 2 N–H and O–H groups in total. The Balaban J connectivity index is 1.77. The molecule has 1 heterocycles. The molecule has 0 aliphatic heterocycles. The molecule has 1 atom stereocenters. The average Bonchev–Trinajstić information content (AvgIpc) is 3.21. The highest BCUT2D eigenvalue weighted by molar-refractivity contribution is 6.12. The number of methoxy groups -OCH3 is 1. The van der Waals surface area contributed by atoms with Crippen molar-refractivity contribution in [2.75, 3.05) is 12.4 Å². The second-order valence-electron chi connectivity index (χ2n) is 6.63. The minimum atomic E-state index is -0.584. The van der Waals surface area contributed by atoms with Crippen LogP contribution in [0.3, 0.4) is 0 Å². The van der Waals surface area contributed by atoms with Gasteiger partial charge >= 0.3 is 0 Å². The summed E-state index contributed by atoms with van der Waals surface area (Å²) in [4.78, 5) is 20.2. The van der Waals surface area contributed by atoms with Crippen molar-refractivity contribution in [1.29, 1.82) is 0 Å². The predicted molar refractivity (Wildman–Crippen MR) is 115 cm³/mol. The number of ketones is 1. The van der Waals surface area contributed by atoms with Crippen molar-refractivity contribution in [1.82, 2.24) is 4.98 Å². The van der Waals surface area contributed by atoms with Gasteiger partial charge in [0.05, 0.1) is 13.7 Å². The Kier molecular flexibility index (Phi) is 5.00. The highest BCUT2D eigenvalue weighted by Gasteiger charge is 2.24. The van der Waals surface area contributed by atoms with Gasteiger partial charge in [0.2, 0.25) is 0 Å². The lowest BCUT2D eigenvalue weighted by Crippen LogP contribution is -2.21. The minimum absolute atomic E-state index is 0.0765. The van der Waals surface area contributed by atoms with Gasteiger partial charge in [-0.25, -0.2) is 4.85 Å². The van der Waals surface area contributed by atoms with Crippen molar-refractivity contribution < 1.29 is 9.53 Å². The van der Waals surface area contributed by atoms with E-state index >= 15 is 0 Å². The largest absolute Gasteiger partial charge is 0.497 e. The van der Waals surface area contributed by atoms with E-state index in [1.807, 2.05) is 60.7 Å². The Morgan fingerprint density at radius 3 is 2.66 bits per heavy atom. The van der Waals surface area contributed by atoms with Gasteiger partial charge in [0.15, 0.2) is 11.5 Å². The third-order valence-corrected chi connectivity index (χ3v) is 4.84. The minimum Gasteiger partial charge on any atom is -0.497 e. The number of aromatic nitrogens is 1. The first-order valence-electron chi connectivity index (χ1n) is 9.18. The number of hydrogen-bond donors (Lipinski definition) is 2. The first kappa shape index (κ1) is 18.3. The van der Waals surface area contributed by atoms with Crippen LogP contribution in [0.25, 0.3) is 15.7 Å². The third kappa shape index (κ3) is 3.69. The standard InChI is InChI=1S/C24H19N3O2/c1-25-17-11-12-22-20(14-17)21(15-26-22)24(28)23(16-7-4-3-5-8-16)27-18-9-6-10-19(13-18)29-2/h3-15,23,26-27H,2H3. The Morgan fingerprint density at radius 1 is 1.07 bits per heavy atom. The van der Waals surface area contributed by atoms with Gasteiger partial charge in [-0.2, -0.15) is 0 Å². The number of benzene rings is 3. The van der Waals surface area contributed by atoms with E-state index in [2.05, 4.69) is 15.1 Å². The number of Topliss-reactive ketones (excluding diaryl/α,β-unsaturated/α-hetero) is 1. The Morgan fingerprint density at radius 2 is 1.90 bits per heavy atom. The summed E-state index contributed by atoms with van der Waals surface area (Å²) in [7, 11) is 1.61. The Bertz CT molecular complexity index is 1210. The zero-order valence-electron chi connectivity index (χ0n) is 15.8. The zero-order chi connectivity index (χ0) is 20.2. The molecule has 0 spiro atoms. The number of carbonyl (C=O) groups excluding carboxylic acids is 1. The maximum atomic E-state index is 13.6. The molecule has 0 bridgehead atoms. The molecule has 29 heavy (non-hydrogen) atoms. The molecule has 0 aliphatic carbocycles. The predicted octanol–water partition coefficient (Wildman–Crippen LogP) is 5.76. The van der Waals surface area contributed by atoms with Gasteiger partial charge < -0.3 is 15.0 Å². The quantitative estimate of drug-likeness (QED) is 0.330. The number of anilines is 1. The summed E-state index contributed by atoms with van der Waals surface area (Å²) >= 11 is 0. The SMILES string of the molecule is [C-]#[N+]c1ccc2[nH]cc(C(=O)C(Nc3cccc(OC)c3)c3ccccc3)c2c1. The number of carbonyl (C=O) groups is 1. The molecular formula is C24H19N3O2. The maximum Gasteiger partial charge on any atom is 0.191 e. The Hall–Kier alpha value is -4.04. The van der Waals surface area contributed by atoms with E-state index < -0.39 is 6.04 Å². The molecule has 4 rings (SSSR count). The number of ether oxygens (including phenoxy) is 1. The number of nitrogens with one attached hydrogen (secondary N) is 2. The van der Waals surface area contributed by atoms with Crippen LogP contribution in [0.15, 0.2) is 79.0 Å². The summed E-state index contributed by atoms with van der Waals surface area (Å²) in [6, 6.07) is 21.8. The lowest BCUT2D eigenvalue weighted by atomic mass is 9.96. The van der Waals surface area contributed by atoms with Crippen LogP contribution in [0, 0.1) is 6.57 Å². The smallest absolute Gasteiger partial charge is 0.191 e. The van der Waals surface area contributed by atoms with Crippen molar-refractivity contribution in [2.45, 2.75) is 6.04 Å². The monoisotopic (exact) mass is 381 g/mol. The molecular weight excluding hydrogens is 362 g/mol. The zero-order valence-corrected chi connectivity index (χ0v) is 15.8.